The summed E-state index contributed by atoms with van der Waals surface area (Å²) in [5.41, 5.74) is -1.03. The van der Waals surface area contributed by atoms with Gasteiger partial charge in [0.05, 0.1) is 35.4 Å². The monoisotopic (exact) mass is 479 g/mol. The molecule has 6 nitrogen and oxygen atoms in total. The Bertz CT molecular complexity index is 1070. The largest absolute Gasteiger partial charge is 0.491 e. The molecular formula is C23H24F3N3O3S. The van der Waals surface area contributed by atoms with Gasteiger partial charge in [-0.1, -0.05) is 0 Å². The van der Waals surface area contributed by atoms with Gasteiger partial charge < -0.3 is 24.7 Å². The van der Waals surface area contributed by atoms with Gasteiger partial charge in [-0.05, 0) is 75.5 Å². The quantitative estimate of drug-likeness (QED) is 0.604. The van der Waals surface area contributed by atoms with E-state index in [1.165, 1.54) is 6.07 Å². The van der Waals surface area contributed by atoms with Gasteiger partial charge in [-0.3, -0.25) is 0 Å². The van der Waals surface area contributed by atoms with Crippen molar-refractivity contribution in [3.8, 4) is 11.8 Å². The van der Waals surface area contributed by atoms with Crippen molar-refractivity contribution in [3.05, 3.63) is 53.6 Å². The van der Waals surface area contributed by atoms with Gasteiger partial charge in [0, 0.05) is 11.4 Å². The second-order valence-electron chi connectivity index (χ2n) is 8.30. The number of aliphatic hydroxyl groups excluding tert-OH is 2. The molecule has 0 radical (unpaired) electrons. The van der Waals surface area contributed by atoms with E-state index < -0.39 is 35.6 Å². The molecular weight excluding hydrogens is 455 g/mol. The normalized spacial score (nSPS) is 18.9. The average molecular weight is 480 g/mol. The zero-order valence-electron chi connectivity index (χ0n) is 18.3. The van der Waals surface area contributed by atoms with E-state index in [0.29, 0.717) is 10.9 Å². The molecule has 1 saturated heterocycles. The zero-order chi connectivity index (χ0) is 24.6. The van der Waals surface area contributed by atoms with Crippen molar-refractivity contribution in [2.45, 2.75) is 44.6 Å². The van der Waals surface area contributed by atoms with Gasteiger partial charge in [0.2, 0.25) is 0 Å². The number of nitrogens with zero attached hydrogens (tertiary/aromatic N) is 3. The van der Waals surface area contributed by atoms with E-state index in [4.69, 9.17) is 27.3 Å². The third kappa shape index (κ3) is 4.76. The van der Waals surface area contributed by atoms with Crippen molar-refractivity contribution in [2.24, 2.45) is 0 Å². The predicted molar refractivity (Wildman–Crippen MR) is 122 cm³/mol. The first kappa shape index (κ1) is 24.8. The first-order valence-electron chi connectivity index (χ1n) is 10.2. The Morgan fingerprint density at radius 2 is 1.79 bits per heavy atom. The summed E-state index contributed by atoms with van der Waals surface area (Å²) in [6.45, 7) is 5.30. The van der Waals surface area contributed by atoms with Gasteiger partial charge in [0.15, 0.2) is 5.11 Å². The lowest BCUT2D eigenvalue weighted by molar-refractivity contribution is -0.137. The number of rotatable bonds is 6. The lowest BCUT2D eigenvalue weighted by atomic mass is 9.94. The fourth-order valence-electron chi connectivity index (χ4n) is 3.75. The fourth-order valence-corrected chi connectivity index (χ4v) is 4.35. The van der Waals surface area contributed by atoms with E-state index in [2.05, 4.69) is 0 Å². The van der Waals surface area contributed by atoms with Gasteiger partial charge in [0.25, 0.3) is 0 Å². The van der Waals surface area contributed by atoms with Crippen molar-refractivity contribution in [3.63, 3.8) is 0 Å². The number of halogens is 3. The van der Waals surface area contributed by atoms with Crippen LogP contribution in [0.3, 0.4) is 0 Å². The van der Waals surface area contributed by atoms with Crippen molar-refractivity contribution in [1.29, 1.82) is 5.26 Å². The third-order valence-electron chi connectivity index (χ3n) is 5.84. The maximum atomic E-state index is 13.5. The number of hydrogen-bond donors (Lipinski definition) is 2. The summed E-state index contributed by atoms with van der Waals surface area (Å²) < 4.78 is 46.0. The van der Waals surface area contributed by atoms with Crippen molar-refractivity contribution >= 4 is 28.7 Å². The molecule has 2 N–H and O–H groups in total. The summed E-state index contributed by atoms with van der Waals surface area (Å²) in [4.78, 5) is 3.53. The van der Waals surface area contributed by atoms with Gasteiger partial charge in [-0.2, -0.15) is 18.4 Å². The van der Waals surface area contributed by atoms with Crippen LogP contribution in [0.25, 0.3) is 0 Å². The van der Waals surface area contributed by atoms with Crippen molar-refractivity contribution in [1.82, 2.24) is 0 Å². The minimum absolute atomic E-state index is 0.0610. The topological polar surface area (TPSA) is 80.0 Å². The van der Waals surface area contributed by atoms with Gasteiger partial charge in [0.1, 0.15) is 18.5 Å². The van der Waals surface area contributed by atoms with E-state index in [1.54, 1.807) is 35.2 Å². The fraction of sp³-hybridized carbons (Fsp3) is 0.391. The van der Waals surface area contributed by atoms with Gasteiger partial charge >= 0.3 is 6.18 Å². The molecule has 1 heterocycles. The first-order chi connectivity index (χ1) is 15.4. The lowest BCUT2D eigenvalue weighted by Gasteiger charge is -2.34. The standard InChI is InChI=1S/C23H24F3N3O3S/c1-14-22(2,3)29(16-6-8-19(9-7-16)32-13-18(31)12-30)21(33)28(14)17-5-4-15(11-27)20(10-17)23(24,25)26/h4-10,14,18,30-31H,12-13H2,1-3H3. The SMILES string of the molecule is CC1N(c2ccc(C#N)c(C(F)(F)F)c2)C(=S)N(c2ccc(OCC(O)CO)cc2)C1(C)C. The number of aliphatic hydroxyl groups is 2. The van der Waals surface area contributed by atoms with E-state index in [0.717, 1.165) is 17.8 Å². The minimum atomic E-state index is -4.67. The van der Waals surface area contributed by atoms with E-state index >= 15 is 0 Å². The molecule has 1 fully saturated rings. The molecule has 0 bridgehead atoms. The summed E-state index contributed by atoms with van der Waals surface area (Å²) in [5.74, 6) is 0.487. The molecule has 33 heavy (non-hydrogen) atoms. The van der Waals surface area contributed by atoms with E-state index in [1.807, 2.05) is 25.7 Å². The van der Waals surface area contributed by atoms with Gasteiger partial charge in [-0.25, -0.2) is 0 Å². The number of anilines is 2. The molecule has 2 atom stereocenters. The van der Waals surface area contributed by atoms with Gasteiger partial charge in [-0.15, -0.1) is 0 Å². The molecule has 1 aliphatic rings. The summed E-state index contributed by atoms with van der Waals surface area (Å²) in [7, 11) is 0. The maximum Gasteiger partial charge on any atom is 0.417 e. The third-order valence-corrected chi connectivity index (χ3v) is 6.22. The molecule has 10 heteroatoms. The molecule has 2 unspecified atom stereocenters. The second-order valence-corrected chi connectivity index (χ2v) is 8.66. The van der Waals surface area contributed by atoms with Crippen LogP contribution in [-0.2, 0) is 6.18 Å². The summed E-state index contributed by atoms with van der Waals surface area (Å²) in [6.07, 6.45) is -5.65. The van der Waals surface area contributed by atoms with E-state index in [9.17, 15) is 18.3 Å². The number of hydrogen-bond acceptors (Lipinski definition) is 5. The van der Waals surface area contributed by atoms with Crippen LogP contribution in [0.4, 0.5) is 24.5 Å². The molecule has 2 aromatic carbocycles. The van der Waals surface area contributed by atoms with Crippen LogP contribution in [-0.4, -0.2) is 46.2 Å². The van der Waals surface area contributed by atoms with Crippen molar-refractivity contribution in [2.75, 3.05) is 23.0 Å². The Morgan fingerprint density at radius 3 is 2.33 bits per heavy atom. The van der Waals surface area contributed by atoms with E-state index in [-0.39, 0.29) is 18.3 Å². The van der Waals surface area contributed by atoms with Crippen LogP contribution in [0.1, 0.15) is 31.9 Å². The predicted octanol–water partition coefficient (Wildman–Crippen LogP) is 4.09. The second kappa shape index (κ2) is 9.17. The highest BCUT2D eigenvalue weighted by atomic mass is 32.1. The van der Waals surface area contributed by atoms with Crippen LogP contribution >= 0.6 is 12.2 Å². The minimum Gasteiger partial charge on any atom is -0.491 e. The number of thiocarbonyl (C=S) groups is 1. The maximum absolute atomic E-state index is 13.5. The summed E-state index contributed by atoms with van der Waals surface area (Å²) in [6, 6.07) is 11.8. The summed E-state index contributed by atoms with van der Waals surface area (Å²) in [5, 5.41) is 27.7. The molecule has 0 aliphatic carbocycles. The highest BCUT2D eigenvalue weighted by molar-refractivity contribution is 7.80. The Labute approximate surface area is 195 Å². The molecule has 176 valence electrons. The highest BCUT2D eigenvalue weighted by Crippen LogP contribution is 2.42. The van der Waals surface area contributed by atoms with Crippen LogP contribution in [0.5, 0.6) is 5.75 Å². The molecule has 2 aromatic rings. The Hall–Kier alpha value is -2.87. The molecule has 0 saturated carbocycles. The van der Waals surface area contributed by atoms with Crippen LogP contribution in [0.15, 0.2) is 42.5 Å². The Balaban J connectivity index is 1.94. The number of nitriles is 1. The first-order valence-corrected chi connectivity index (χ1v) is 10.6. The average Bonchev–Trinajstić information content (AvgIpc) is 2.95. The molecule has 3 rings (SSSR count). The molecule has 0 amide bonds. The highest BCUT2D eigenvalue weighted by Gasteiger charge is 2.48. The molecule has 0 aromatic heterocycles. The summed E-state index contributed by atoms with van der Waals surface area (Å²) >= 11 is 5.70. The van der Waals surface area contributed by atoms with Crippen LogP contribution in [0.2, 0.25) is 0 Å². The lowest BCUT2D eigenvalue weighted by Crippen LogP contribution is -2.45. The zero-order valence-corrected chi connectivity index (χ0v) is 19.1. The molecule has 0 spiro atoms. The Morgan fingerprint density at radius 1 is 1.18 bits per heavy atom. The van der Waals surface area contributed by atoms with Crippen LogP contribution < -0.4 is 14.5 Å². The number of ether oxygens (including phenoxy) is 1. The number of alkyl halides is 3. The van der Waals surface area contributed by atoms with Crippen molar-refractivity contribution < 1.29 is 28.1 Å². The smallest absolute Gasteiger partial charge is 0.417 e. The van der Waals surface area contributed by atoms with Crippen LogP contribution in [0, 0.1) is 11.3 Å². The Kier molecular flexibility index (Phi) is 6.88. The molecule has 1 aliphatic heterocycles. The number of benzene rings is 2.